The average molecular weight is 827 g/mol. The molecular weight excluding hydrogens is 795 g/mol. The quantitative estimate of drug-likeness (QED) is 0.150. The smallest absolute Gasteiger partial charge is 0.299 e. The van der Waals surface area contributed by atoms with Crippen molar-refractivity contribution in [1.82, 2.24) is 15.0 Å². The van der Waals surface area contributed by atoms with Gasteiger partial charge in [-0.05, 0) is 61.0 Å². The Labute approximate surface area is 305 Å². The van der Waals surface area contributed by atoms with Crippen molar-refractivity contribution < 1.29 is 20.1 Å². The maximum Gasteiger partial charge on any atom is 3.00 e. The van der Waals surface area contributed by atoms with Crippen LogP contribution in [0.4, 0.5) is 0 Å². The number of hydrogen-bond donors (Lipinski definition) is 0. The third-order valence-corrected chi connectivity index (χ3v) is 10.7. The first kappa shape index (κ1) is 32.7. The first-order valence-corrected chi connectivity index (χ1v) is 16.9. The predicted octanol–water partition coefficient (Wildman–Crippen LogP) is 10.3. The Morgan fingerprint density at radius 2 is 1.20 bits per heavy atom. The van der Waals surface area contributed by atoms with E-state index >= 15 is 0 Å². The number of benzene rings is 4. The summed E-state index contributed by atoms with van der Waals surface area (Å²) in [7, 11) is 0. The first-order valence-electron chi connectivity index (χ1n) is 16.1. The summed E-state index contributed by atoms with van der Waals surface area (Å²) in [5, 5.41) is 2.39. The van der Waals surface area contributed by atoms with Gasteiger partial charge in [0.2, 0.25) is 0 Å². The fraction of sp³-hybridized carbons (Fsp3) is 0.114. The predicted molar refractivity (Wildman–Crippen MR) is 196 cm³/mol. The zero-order valence-electron chi connectivity index (χ0n) is 27.4. The fourth-order valence-corrected chi connectivity index (χ4v) is 8.01. The standard InChI is InChI=1S/C44H32N3S.Ir/c1-30-26-31(28-34(27-30)43(2,32-16-6-4-7-17-32)38-22-12-14-24-45-38)41-42-36(35-20-10-11-21-37(35)48-42)29-40(47-41)44(3,33-18-8-5-9-19-33)39-23-13-15-25-46-39;/h4-16,18,20-27,29H,1-3H3;/q-3;+3/t43?,44-;/m1./s1. The summed E-state index contributed by atoms with van der Waals surface area (Å²) in [5.41, 5.74) is 7.56. The number of aromatic nitrogens is 3. The summed E-state index contributed by atoms with van der Waals surface area (Å²) in [5.74, 6) is 0. The topological polar surface area (TPSA) is 38.7 Å². The number of aryl methyl sites for hydroxylation is 1. The summed E-state index contributed by atoms with van der Waals surface area (Å²) < 4.78 is 2.36. The minimum absolute atomic E-state index is 0. The average Bonchev–Trinajstić information content (AvgIpc) is 3.53. The van der Waals surface area contributed by atoms with Gasteiger partial charge in [-0.1, -0.05) is 37.3 Å². The van der Waals surface area contributed by atoms with Gasteiger partial charge in [0.05, 0.1) is 16.8 Å². The number of pyridine rings is 3. The Bertz CT molecular complexity index is 2290. The number of nitrogens with zero attached hydrogens (tertiary/aromatic N) is 3. The van der Waals surface area contributed by atoms with Crippen molar-refractivity contribution >= 4 is 31.5 Å². The molecule has 0 spiro atoms. The van der Waals surface area contributed by atoms with Crippen LogP contribution in [0.5, 0.6) is 0 Å². The van der Waals surface area contributed by atoms with E-state index in [1.54, 1.807) is 11.3 Å². The van der Waals surface area contributed by atoms with Gasteiger partial charge in [0.1, 0.15) is 0 Å². The SMILES string of the molecule is Cc1cc(-c2nc([C@](C)(c3[c-]cccc3)c3ccccn3)cc3c2sc2ccccc23)[c-]c(C(C)(c2[c-]cccc2)c2ccccn2)c1.[Ir+3]. The molecular formula is C44H32IrN3S. The largest absolute Gasteiger partial charge is 3.00 e. The maximum atomic E-state index is 5.60. The molecule has 0 fully saturated rings. The van der Waals surface area contributed by atoms with Crippen molar-refractivity contribution in [2.75, 3.05) is 0 Å². The van der Waals surface area contributed by atoms with Crippen molar-refractivity contribution in [3.05, 3.63) is 197 Å². The summed E-state index contributed by atoms with van der Waals surface area (Å²) in [6, 6.07) is 54.8. The molecule has 1 unspecified atom stereocenters. The Morgan fingerprint density at radius 1 is 0.592 bits per heavy atom. The Kier molecular flexibility index (Phi) is 8.85. The van der Waals surface area contributed by atoms with Crippen LogP contribution >= 0.6 is 11.3 Å². The van der Waals surface area contributed by atoms with Gasteiger partial charge in [0, 0.05) is 38.6 Å². The van der Waals surface area contributed by atoms with Crippen molar-refractivity contribution in [3.63, 3.8) is 0 Å². The maximum absolute atomic E-state index is 5.60. The second-order valence-corrected chi connectivity index (χ2v) is 13.6. The van der Waals surface area contributed by atoms with Crippen molar-refractivity contribution in [1.29, 1.82) is 0 Å². The molecule has 49 heavy (non-hydrogen) atoms. The van der Waals surface area contributed by atoms with E-state index in [2.05, 4.69) is 118 Å². The van der Waals surface area contributed by atoms with Crippen LogP contribution in [-0.2, 0) is 30.9 Å². The molecule has 0 saturated carbocycles. The summed E-state index contributed by atoms with van der Waals surface area (Å²) in [6.07, 6.45) is 3.72. The molecule has 4 aromatic carbocycles. The summed E-state index contributed by atoms with van der Waals surface area (Å²) in [6.45, 7) is 6.58. The van der Waals surface area contributed by atoms with Crippen LogP contribution in [0.1, 0.15) is 53.2 Å². The molecule has 4 aromatic heterocycles. The van der Waals surface area contributed by atoms with Gasteiger partial charge in [-0.15, -0.1) is 57.4 Å². The van der Waals surface area contributed by atoms with Gasteiger partial charge < -0.3 is 0 Å². The van der Waals surface area contributed by atoms with Crippen LogP contribution in [0.25, 0.3) is 31.4 Å². The summed E-state index contributed by atoms with van der Waals surface area (Å²) >= 11 is 1.78. The molecule has 0 saturated heterocycles. The van der Waals surface area contributed by atoms with Crippen molar-refractivity contribution in [3.8, 4) is 11.3 Å². The van der Waals surface area contributed by atoms with E-state index in [9.17, 15) is 0 Å². The first-order chi connectivity index (χ1) is 23.5. The molecule has 0 radical (unpaired) electrons. The molecule has 0 amide bonds. The van der Waals surface area contributed by atoms with Gasteiger partial charge in [-0.3, -0.25) is 15.0 Å². The van der Waals surface area contributed by atoms with E-state index in [-0.39, 0.29) is 20.1 Å². The molecule has 8 aromatic rings. The third kappa shape index (κ3) is 5.62. The normalized spacial score (nSPS) is 13.8. The van der Waals surface area contributed by atoms with E-state index in [1.165, 1.54) is 15.5 Å². The van der Waals surface area contributed by atoms with Crippen LogP contribution in [0.15, 0.2) is 140 Å². The zero-order chi connectivity index (χ0) is 32.7. The molecule has 3 nitrogen and oxygen atoms in total. The molecule has 238 valence electrons. The number of hydrogen-bond acceptors (Lipinski definition) is 4. The molecule has 0 aliphatic rings. The van der Waals surface area contributed by atoms with Crippen LogP contribution < -0.4 is 0 Å². The van der Waals surface area contributed by atoms with E-state index in [4.69, 9.17) is 15.0 Å². The Balaban J connectivity index is 0.00000378. The minimum atomic E-state index is -0.664. The van der Waals surface area contributed by atoms with E-state index < -0.39 is 10.8 Å². The molecule has 0 N–H and O–H groups in total. The molecule has 4 heterocycles. The van der Waals surface area contributed by atoms with E-state index in [0.29, 0.717) is 0 Å². The zero-order valence-corrected chi connectivity index (χ0v) is 30.6. The molecule has 2 atom stereocenters. The number of rotatable bonds is 7. The third-order valence-electron chi connectivity index (χ3n) is 9.53. The molecule has 0 aliphatic carbocycles. The molecule has 0 aliphatic heterocycles. The van der Waals surface area contributed by atoms with Crippen LogP contribution in [0.2, 0.25) is 0 Å². The van der Waals surface area contributed by atoms with E-state index in [1.807, 2.05) is 60.9 Å². The Hall–Kier alpha value is -4.80. The van der Waals surface area contributed by atoms with E-state index in [0.717, 1.165) is 55.3 Å². The van der Waals surface area contributed by atoms with Gasteiger partial charge in [-0.2, -0.15) is 60.7 Å². The minimum Gasteiger partial charge on any atom is -0.299 e. The second kappa shape index (κ2) is 13.2. The van der Waals surface area contributed by atoms with Crippen molar-refractivity contribution in [2.45, 2.75) is 31.6 Å². The van der Waals surface area contributed by atoms with Crippen LogP contribution in [0, 0.1) is 25.1 Å². The van der Waals surface area contributed by atoms with Crippen LogP contribution in [0.3, 0.4) is 0 Å². The molecule has 8 rings (SSSR count). The molecule has 0 bridgehead atoms. The summed E-state index contributed by atoms with van der Waals surface area (Å²) in [4.78, 5) is 15.3. The van der Waals surface area contributed by atoms with Crippen LogP contribution in [-0.4, -0.2) is 15.0 Å². The Morgan fingerprint density at radius 3 is 1.84 bits per heavy atom. The molecule has 5 heteroatoms. The van der Waals surface area contributed by atoms with Gasteiger partial charge >= 0.3 is 20.1 Å². The van der Waals surface area contributed by atoms with Gasteiger partial charge in [0.15, 0.2) is 0 Å². The van der Waals surface area contributed by atoms with Gasteiger partial charge in [0.25, 0.3) is 0 Å². The fourth-order valence-electron chi connectivity index (χ4n) is 6.83. The second-order valence-electron chi connectivity index (χ2n) is 12.5. The number of thiophene rings is 1. The van der Waals surface area contributed by atoms with Gasteiger partial charge in [-0.25, -0.2) is 0 Å². The monoisotopic (exact) mass is 827 g/mol. The van der Waals surface area contributed by atoms with Crippen molar-refractivity contribution in [2.24, 2.45) is 0 Å². The number of fused-ring (bicyclic) bond motifs is 3.